The maximum atomic E-state index is 12.2. The van der Waals surface area contributed by atoms with Gasteiger partial charge in [0, 0.05) is 11.6 Å². The van der Waals surface area contributed by atoms with Gasteiger partial charge >= 0.3 is 0 Å². The summed E-state index contributed by atoms with van der Waals surface area (Å²) in [6.45, 7) is 3.41. The molecule has 1 amide bonds. The molecule has 3 nitrogen and oxygen atoms in total. The van der Waals surface area contributed by atoms with E-state index in [-0.39, 0.29) is 5.91 Å². The molecule has 6 heteroatoms. The van der Waals surface area contributed by atoms with Gasteiger partial charge in [0.1, 0.15) is 0 Å². The number of halogens is 3. The smallest absolute Gasteiger partial charge is 0.231 e. The first-order valence-corrected chi connectivity index (χ1v) is 6.72. The van der Waals surface area contributed by atoms with Gasteiger partial charge in [0.2, 0.25) is 5.91 Å². The van der Waals surface area contributed by atoms with Crippen LogP contribution in [-0.4, -0.2) is 19.0 Å². The molecule has 18 heavy (non-hydrogen) atoms. The summed E-state index contributed by atoms with van der Waals surface area (Å²) in [7, 11) is 0. The Morgan fingerprint density at radius 3 is 2.44 bits per heavy atom. The van der Waals surface area contributed by atoms with Crippen LogP contribution in [-0.2, 0) is 4.79 Å². The lowest BCUT2D eigenvalue weighted by atomic mass is 9.89. The highest BCUT2D eigenvalue weighted by molar-refractivity contribution is 6.42. The molecule has 1 unspecified atom stereocenters. The first-order chi connectivity index (χ1) is 8.42. The molecule has 0 saturated carbocycles. The van der Waals surface area contributed by atoms with E-state index >= 15 is 0 Å². The molecule has 98 valence electrons. The first-order valence-electron chi connectivity index (χ1n) is 5.59. The molecule has 1 aromatic rings. The molecule has 1 saturated heterocycles. The van der Waals surface area contributed by atoms with Gasteiger partial charge in [-0.05, 0) is 32.0 Å². The Morgan fingerprint density at radius 1 is 1.33 bits per heavy atom. The maximum Gasteiger partial charge on any atom is 0.231 e. The molecule has 0 radical (unpaired) electrons. The molecule has 1 aromatic carbocycles. The summed E-state index contributed by atoms with van der Waals surface area (Å²) in [5.74, 6) is -0.0846. The third-order valence-corrected chi connectivity index (χ3v) is 3.98. The van der Waals surface area contributed by atoms with Crippen molar-refractivity contribution in [3.8, 4) is 0 Å². The largest absolute Gasteiger partial charge is 0.323 e. The Bertz CT molecular complexity index is 461. The van der Waals surface area contributed by atoms with Crippen molar-refractivity contribution in [2.75, 3.05) is 18.4 Å². The fourth-order valence-electron chi connectivity index (χ4n) is 1.94. The fourth-order valence-corrected chi connectivity index (χ4v) is 2.85. The third-order valence-electron chi connectivity index (χ3n) is 3.16. The Balaban J connectivity index is 2.22. The Labute approximate surface area is 121 Å². The Hall–Kier alpha value is -0.480. The first kappa shape index (κ1) is 13.9. The normalized spacial score (nSPS) is 23.1. The van der Waals surface area contributed by atoms with Crippen LogP contribution in [0.1, 0.15) is 13.3 Å². The van der Waals surface area contributed by atoms with Gasteiger partial charge in [-0.2, -0.15) is 0 Å². The summed E-state index contributed by atoms with van der Waals surface area (Å²) in [6.07, 6.45) is 0.793. The molecule has 1 aliphatic heterocycles. The van der Waals surface area contributed by atoms with Crippen LogP contribution in [0.3, 0.4) is 0 Å². The number of rotatable bonds is 2. The van der Waals surface area contributed by atoms with Crippen LogP contribution in [0.5, 0.6) is 0 Å². The summed E-state index contributed by atoms with van der Waals surface area (Å²) in [5, 5.41) is 7.08. The second kappa shape index (κ2) is 5.25. The van der Waals surface area contributed by atoms with E-state index in [0.29, 0.717) is 27.3 Å². The number of carbonyl (C=O) groups excluding carboxylic acids is 1. The van der Waals surface area contributed by atoms with Gasteiger partial charge < -0.3 is 10.6 Å². The van der Waals surface area contributed by atoms with Gasteiger partial charge in [0.15, 0.2) is 0 Å². The van der Waals surface area contributed by atoms with Crippen molar-refractivity contribution in [3.05, 3.63) is 27.2 Å². The average Bonchev–Trinajstić information content (AvgIpc) is 2.71. The van der Waals surface area contributed by atoms with Crippen LogP contribution < -0.4 is 10.6 Å². The van der Waals surface area contributed by atoms with Crippen molar-refractivity contribution in [1.82, 2.24) is 5.32 Å². The van der Waals surface area contributed by atoms with Gasteiger partial charge in [-0.15, -0.1) is 0 Å². The maximum absolute atomic E-state index is 12.2. The minimum absolute atomic E-state index is 0.0846. The van der Waals surface area contributed by atoms with Gasteiger partial charge in [-0.3, -0.25) is 4.79 Å². The fraction of sp³-hybridized carbons (Fsp3) is 0.417. The van der Waals surface area contributed by atoms with E-state index in [1.165, 1.54) is 0 Å². The summed E-state index contributed by atoms with van der Waals surface area (Å²) in [5.41, 5.74) is -0.00685. The zero-order valence-electron chi connectivity index (χ0n) is 9.82. The summed E-state index contributed by atoms with van der Waals surface area (Å²) in [6, 6.07) is 3.11. The molecule has 1 atom stereocenters. The predicted molar refractivity (Wildman–Crippen MR) is 75.7 cm³/mol. The Morgan fingerprint density at radius 2 is 1.94 bits per heavy atom. The van der Waals surface area contributed by atoms with Crippen molar-refractivity contribution >= 4 is 46.4 Å². The zero-order chi connectivity index (χ0) is 13.3. The second-order valence-corrected chi connectivity index (χ2v) is 5.94. The minimum atomic E-state index is -0.424. The molecule has 0 bridgehead atoms. The van der Waals surface area contributed by atoms with Crippen molar-refractivity contribution in [2.45, 2.75) is 13.3 Å². The van der Waals surface area contributed by atoms with E-state index in [1.54, 1.807) is 12.1 Å². The molecule has 0 aromatic heterocycles. The van der Waals surface area contributed by atoms with Crippen molar-refractivity contribution in [3.63, 3.8) is 0 Å². The summed E-state index contributed by atoms with van der Waals surface area (Å²) >= 11 is 17.9. The molecule has 0 aliphatic carbocycles. The molecular weight excluding hydrogens is 295 g/mol. The predicted octanol–water partition coefficient (Wildman–Crippen LogP) is 3.58. The van der Waals surface area contributed by atoms with Gasteiger partial charge in [-0.1, -0.05) is 34.8 Å². The zero-order valence-corrected chi connectivity index (χ0v) is 12.1. The number of benzene rings is 1. The van der Waals surface area contributed by atoms with Crippen molar-refractivity contribution < 1.29 is 4.79 Å². The van der Waals surface area contributed by atoms with Crippen LogP contribution in [0, 0.1) is 5.41 Å². The van der Waals surface area contributed by atoms with Crippen molar-refractivity contribution in [2.24, 2.45) is 5.41 Å². The highest BCUT2D eigenvalue weighted by Gasteiger charge is 2.36. The van der Waals surface area contributed by atoms with Gasteiger partial charge in [-0.25, -0.2) is 0 Å². The van der Waals surface area contributed by atoms with E-state index in [1.807, 2.05) is 6.92 Å². The van der Waals surface area contributed by atoms with E-state index in [0.717, 1.165) is 13.0 Å². The van der Waals surface area contributed by atoms with Crippen LogP contribution >= 0.6 is 34.8 Å². The topological polar surface area (TPSA) is 41.1 Å². The van der Waals surface area contributed by atoms with Crippen LogP contribution in [0.2, 0.25) is 15.1 Å². The van der Waals surface area contributed by atoms with E-state index in [9.17, 15) is 4.79 Å². The van der Waals surface area contributed by atoms with E-state index < -0.39 is 5.41 Å². The number of amides is 1. The molecular formula is C12H13Cl3N2O. The lowest BCUT2D eigenvalue weighted by molar-refractivity contribution is -0.123. The SMILES string of the molecule is CC1(C(=O)Nc2c(Cl)cc(Cl)cc2Cl)CCNC1. The Kier molecular flexibility index (Phi) is 4.07. The van der Waals surface area contributed by atoms with Crippen LogP contribution in [0.25, 0.3) is 0 Å². The summed E-state index contributed by atoms with van der Waals surface area (Å²) in [4.78, 5) is 12.2. The highest BCUT2D eigenvalue weighted by Crippen LogP contribution is 2.35. The molecule has 1 heterocycles. The standard InChI is InChI=1S/C12H13Cl3N2O/c1-12(2-3-16-6-12)11(18)17-10-8(14)4-7(13)5-9(10)15/h4-5,16H,2-3,6H2,1H3,(H,17,18). The molecule has 1 aliphatic rings. The lowest BCUT2D eigenvalue weighted by Gasteiger charge is -2.22. The lowest BCUT2D eigenvalue weighted by Crippen LogP contribution is -2.35. The van der Waals surface area contributed by atoms with E-state index in [4.69, 9.17) is 34.8 Å². The van der Waals surface area contributed by atoms with Crippen molar-refractivity contribution in [1.29, 1.82) is 0 Å². The monoisotopic (exact) mass is 306 g/mol. The number of nitrogens with one attached hydrogen (secondary N) is 2. The number of carbonyl (C=O) groups is 1. The van der Waals surface area contributed by atoms with Gasteiger partial charge in [0.25, 0.3) is 0 Å². The second-order valence-electron chi connectivity index (χ2n) is 4.69. The van der Waals surface area contributed by atoms with Crippen LogP contribution in [0.15, 0.2) is 12.1 Å². The molecule has 2 rings (SSSR count). The quantitative estimate of drug-likeness (QED) is 0.877. The van der Waals surface area contributed by atoms with E-state index in [2.05, 4.69) is 10.6 Å². The molecule has 0 spiro atoms. The number of hydrogen-bond donors (Lipinski definition) is 2. The van der Waals surface area contributed by atoms with Crippen LogP contribution in [0.4, 0.5) is 5.69 Å². The average molecular weight is 308 g/mol. The number of hydrogen-bond acceptors (Lipinski definition) is 2. The molecule has 1 fully saturated rings. The van der Waals surface area contributed by atoms with Gasteiger partial charge in [0.05, 0.1) is 21.1 Å². The third kappa shape index (κ3) is 2.75. The minimum Gasteiger partial charge on any atom is -0.323 e. The number of anilines is 1. The highest BCUT2D eigenvalue weighted by atomic mass is 35.5. The molecule has 2 N–H and O–H groups in total. The summed E-state index contributed by atoms with van der Waals surface area (Å²) < 4.78 is 0.